The maximum atomic E-state index is 10.3. The molecule has 0 saturated carbocycles. The van der Waals surface area contributed by atoms with Crippen LogP contribution in [0.1, 0.15) is 21.4 Å². The van der Waals surface area contributed by atoms with Gasteiger partial charge in [0.15, 0.2) is 0 Å². The van der Waals surface area contributed by atoms with Gasteiger partial charge in [-0.2, -0.15) is 0 Å². The SMILES string of the molecule is Cc1cc(Br)c(C(O)c2ccccc2Br)s1. The molecular weight excluding hydrogens is 352 g/mol. The minimum atomic E-state index is -0.580. The molecule has 0 aliphatic rings. The topological polar surface area (TPSA) is 20.2 Å². The summed E-state index contributed by atoms with van der Waals surface area (Å²) in [6.07, 6.45) is -0.580. The fraction of sp³-hybridized carbons (Fsp3) is 0.167. The molecule has 16 heavy (non-hydrogen) atoms. The third-order valence-electron chi connectivity index (χ3n) is 2.28. The number of halogens is 2. The van der Waals surface area contributed by atoms with Crippen LogP contribution >= 0.6 is 43.2 Å². The molecule has 4 heteroatoms. The molecule has 0 radical (unpaired) electrons. The van der Waals surface area contributed by atoms with Crippen molar-refractivity contribution in [3.8, 4) is 0 Å². The van der Waals surface area contributed by atoms with E-state index in [1.54, 1.807) is 11.3 Å². The van der Waals surface area contributed by atoms with Crippen LogP contribution in [0.25, 0.3) is 0 Å². The quantitative estimate of drug-likeness (QED) is 0.824. The molecule has 0 aliphatic heterocycles. The van der Waals surface area contributed by atoms with Gasteiger partial charge in [-0.25, -0.2) is 0 Å². The first-order valence-corrected chi connectivity index (χ1v) is 7.18. The Kier molecular flexibility index (Phi) is 3.85. The van der Waals surface area contributed by atoms with Crippen LogP contribution in [0.3, 0.4) is 0 Å². The van der Waals surface area contributed by atoms with Gasteiger partial charge in [0.1, 0.15) is 6.10 Å². The van der Waals surface area contributed by atoms with Gasteiger partial charge in [-0.3, -0.25) is 0 Å². The van der Waals surface area contributed by atoms with Crippen molar-refractivity contribution in [2.75, 3.05) is 0 Å². The molecule has 2 aromatic rings. The summed E-state index contributed by atoms with van der Waals surface area (Å²) in [6.45, 7) is 2.03. The highest BCUT2D eigenvalue weighted by Crippen LogP contribution is 2.37. The minimum Gasteiger partial charge on any atom is -0.383 e. The molecule has 1 atom stereocenters. The van der Waals surface area contributed by atoms with Crippen LogP contribution in [0.2, 0.25) is 0 Å². The largest absolute Gasteiger partial charge is 0.383 e. The third kappa shape index (κ3) is 2.40. The van der Waals surface area contributed by atoms with Gasteiger partial charge < -0.3 is 5.11 Å². The van der Waals surface area contributed by atoms with Gasteiger partial charge in [0, 0.05) is 13.8 Å². The highest BCUT2D eigenvalue weighted by molar-refractivity contribution is 9.10. The van der Waals surface area contributed by atoms with Crippen LogP contribution in [0.5, 0.6) is 0 Å². The van der Waals surface area contributed by atoms with Crippen LogP contribution in [0.4, 0.5) is 0 Å². The summed E-state index contributed by atoms with van der Waals surface area (Å²) < 4.78 is 1.90. The summed E-state index contributed by atoms with van der Waals surface area (Å²) in [5.41, 5.74) is 0.894. The number of aliphatic hydroxyl groups is 1. The lowest BCUT2D eigenvalue weighted by Crippen LogP contribution is -1.98. The van der Waals surface area contributed by atoms with E-state index in [1.165, 1.54) is 4.88 Å². The van der Waals surface area contributed by atoms with Crippen molar-refractivity contribution in [2.45, 2.75) is 13.0 Å². The molecule has 0 fully saturated rings. The standard InChI is InChI=1S/C12H10Br2OS/c1-7-6-10(14)12(16-7)11(15)8-4-2-3-5-9(8)13/h2-6,11,15H,1H3. The van der Waals surface area contributed by atoms with Crippen LogP contribution in [0, 0.1) is 6.92 Å². The number of hydrogen-bond donors (Lipinski definition) is 1. The summed E-state index contributed by atoms with van der Waals surface area (Å²) in [6, 6.07) is 9.76. The Morgan fingerprint density at radius 1 is 1.19 bits per heavy atom. The summed E-state index contributed by atoms with van der Waals surface area (Å²) in [4.78, 5) is 2.14. The Morgan fingerprint density at radius 2 is 1.88 bits per heavy atom. The van der Waals surface area contributed by atoms with Crippen molar-refractivity contribution in [3.05, 3.63) is 54.6 Å². The maximum absolute atomic E-state index is 10.3. The average Bonchev–Trinajstić information content (AvgIpc) is 2.58. The molecule has 1 aromatic heterocycles. The highest BCUT2D eigenvalue weighted by Gasteiger charge is 2.18. The predicted octanol–water partition coefficient (Wildman–Crippen LogP) is 4.66. The van der Waals surface area contributed by atoms with Gasteiger partial charge >= 0.3 is 0 Å². The fourth-order valence-electron chi connectivity index (χ4n) is 1.53. The van der Waals surface area contributed by atoms with E-state index in [0.717, 1.165) is 19.4 Å². The molecular formula is C12H10Br2OS. The molecule has 1 N–H and O–H groups in total. The molecule has 1 aromatic carbocycles. The number of rotatable bonds is 2. The van der Waals surface area contributed by atoms with Crippen LogP contribution in [-0.2, 0) is 0 Å². The number of hydrogen-bond acceptors (Lipinski definition) is 2. The van der Waals surface area contributed by atoms with E-state index in [2.05, 4.69) is 31.9 Å². The van der Waals surface area contributed by atoms with Crippen LogP contribution in [0.15, 0.2) is 39.3 Å². The lowest BCUT2D eigenvalue weighted by atomic mass is 10.1. The van der Waals surface area contributed by atoms with Gasteiger partial charge in [0.2, 0.25) is 0 Å². The molecule has 0 amide bonds. The molecule has 1 heterocycles. The smallest absolute Gasteiger partial charge is 0.115 e. The average molecular weight is 362 g/mol. The molecule has 0 saturated heterocycles. The maximum Gasteiger partial charge on any atom is 0.115 e. The van der Waals surface area contributed by atoms with Crippen molar-refractivity contribution in [2.24, 2.45) is 0 Å². The zero-order chi connectivity index (χ0) is 11.7. The zero-order valence-corrected chi connectivity index (χ0v) is 12.6. The molecule has 0 bridgehead atoms. The second kappa shape index (κ2) is 5.00. The van der Waals surface area contributed by atoms with Crippen molar-refractivity contribution in [1.82, 2.24) is 0 Å². The summed E-state index contributed by atoms with van der Waals surface area (Å²) in [5, 5.41) is 10.3. The van der Waals surface area contributed by atoms with Gasteiger partial charge in [0.25, 0.3) is 0 Å². The van der Waals surface area contributed by atoms with Crippen molar-refractivity contribution in [1.29, 1.82) is 0 Å². The van der Waals surface area contributed by atoms with Crippen LogP contribution < -0.4 is 0 Å². The zero-order valence-electron chi connectivity index (χ0n) is 8.58. The second-order valence-electron chi connectivity index (χ2n) is 3.49. The molecule has 2 rings (SSSR count). The van der Waals surface area contributed by atoms with Crippen molar-refractivity contribution < 1.29 is 5.11 Å². The normalized spacial score (nSPS) is 12.8. The first-order chi connectivity index (χ1) is 7.59. The lowest BCUT2D eigenvalue weighted by Gasteiger charge is -2.11. The first-order valence-electron chi connectivity index (χ1n) is 4.78. The molecule has 0 spiro atoms. The Balaban J connectivity index is 2.43. The Labute approximate surface area is 115 Å². The van der Waals surface area contributed by atoms with Crippen molar-refractivity contribution >= 4 is 43.2 Å². The summed E-state index contributed by atoms with van der Waals surface area (Å²) in [5.74, 6) is 0. The number of benzene rings is 1. The molecule has 1 nitrogen and oxygen atoms in total. The van der Waals surface area contributed by atoms with E-state index in [9.17, 15) is 5.11 Å². The fourth-order valence-corrected chi connectivity index (χ4v) is 3.90. The Morgan fingerprint density at radius 3 is 2.44 bits per heavy atom. The van der Waals surface area contributed by atoms with Crippen LogP contribution in [-0.4, -0.2) is 5.11 Å². The Bertz CT molecular complexity index is 507. The molecule has 0 aliphatic carbocycles. The van der Waals surface area contributed by atoms with Gasteiger partial charge in [-0.05, 0) is 40.5 Å². The first kappa shape index (κ1) is 12.3. The Hall–Kier alpha value is -0.160. The molecule has 1 unspecified atom stereocenters. The number of aryl methyl sites for hydroxylation is 1. The van der Waals surface area contributed by atoms with Crippen molar-refractivity contribution in [3.63, 3.8) is 0 Å². The number of thiophene rings is 1. The van der Waals surface area contributed by atoms with E-state index in [0.29, 0.717) is 0 Å². The molecule has 84 valence electrons. The van der Waals surface area contributed by atoms with Gasteiger partial charge in [-0.1, -0.05) is 34.1 Å². The van der Waals surface area contributed by atoms with E-state index in [1.807, 2.05) is 37.3 Å². The van der Waals surface area contributed by atoms with E-state index >= 15 is 0 Å². The van der Waals surface area contributed by atoms with Gasteiger partial charge in [-0.15, -0.1) is 11.3 Å². The predicted molar refractivity (Wildman–Crippen MR) is 75.0 cm³/mol. The highest BCUT2D eigenvalue weighted by atomic mass is 79.9. The second-order valence-corrected chi connectivity index (χ2v) is 6.49. The van der Waals surface area contributed by atoms with E-state index in [4.69, 9.17) is 0 Å². The van der Waals surface area contributed by atoms with E-state index in [-0.39, 0.29) is 0 Å². The lowest BCUT2D eigenvalue weighted by molar-refractivity contribution is 0.222. The minimum absolute atomic E-state index is 0.580. The monoisotopic (exact) mass is 360 g/mol. The summed E-state index contributed by atoms with van der Waals surface area (Å²) in [7, 11) is 0. The third-order valence-corrected chi connectivity index (χ3v) is 5.03. The van der Waals surface area contributed by atoms with E-state index < -0.39 is 6.10 Å². The van der Waals surface area contributed by atoms with Gasteiger partial charge in [0.05, 0.1) is 4.88 Å². The summed E-state index contributed by atoms with van der Waals surface area (Å²) >= 11 is 8.54. The number of aliphatic hydroxyl groups excluding tert-OH is 1.